The molecule has 2 aromatic carbocycles. The summed E-state index contributed by atoms with van der Waals surface area (Å²) in [6, 6.07) is 12.4. The van der Waals surface area contributed by atoms with Crippen LogP contribution in [-0.4, -0.2) is 18.2 Å². The molecule has 0 unspecified atom stereocenters. The standard InChI is InChI=1S/C15H15NO3/c1-10-7-8-11(19-2)9-14(10)16-13-6-4-3-5-12(13)15(17)18/h3-9,16H,1-2H3,(H,17,18). The Bertz CT molecular complexity index is 608. The Kier molecular flexibility index (Phi) is 3.71. The molecule has 2 N–H and O–H groups in total. The van der Waals surface area contributed by atoms with E-state index in [-0.39, 0.29) is 5.56 Å². The minimum Gasteiger partial charge on any atom is -0.497 e. The first-order valence-electron chi connectivity index (χ1n) is 5.86. The maximum atomic E-state index is 11.2. The Morgan fingerprint density at radius 2 is 1.89 bits per heavy atom. The lowest BCUT2D eigenvalue weighted by Gasteiger charge is -2.13. The number of methoxy groups -OCH3 is 1. The minimum absolute atomic E-state index is 0.240. The molecular weight excluding hydrogens is 242 g/mol. The van der Waals surface area contributed by atoms with Gasteiger partial charge in [0.2, 0.25) is 0 Å². The van der Waals surface area contributed by atoms with E-state index in [1.165, 1.54) is 0 Å². The van der Waals surface area contributed by atoms with Crippen molar-refractivity contribution >= 4 is 17.3 Å². The molecule has 4 heteroatoms. The molecule has 4 nitrogen and oxygen atoms in total. The van der Waals surface area contributed by atoms with E-state index in [1.807, 2.05) is 25.1 Å². The second-order valence-corrected chi connectivity index (χ2v) is 4.16. The van der Waals surface area contributed by atoms with E-state index < -0.39 is 5.97 Å². The van der Waals surface area contributed by atoms with Crippen LogP contribution in [0.5, 0.6) is 5.75 Å². The molecule has 0 saturated heterocycles. The Hall–Kier alpha value is -2.49. The highest BCUT2D eigenvalue weighted by molar-refractivity contribution is 5.95. The van der Waals surface area contributed by atoms with Crippen LogP contribution in [0.4, 0.5) is 11.4 Å². The lowest BCUT2D eigenvalue weighted by molar-refractivity contribution is 0.0698. The summed E-state index contributed by atoms with van der Waals surface area (Å²) in [5.74, 6) is -0.232. The monoisotopic (exact) mass is 257 g/mol. The molecule has 0 bridgehead atoms. The molecule has 0 aliphatic heterocycles. The van der Waals surface area contributed by atoms with E-state index in [4.69, 9.17) is 9.84 Å². The zero-order chi connectivity index (χ0) is 13.8. The van der Waals surface area contributed by atoms with Gasteiger partial charge in [0.25, 0.3) is 0 Å². The summed E-state index contributed by atoms with van der Waals surface area (Å²) in [4.78, 5) is 11.2. The molecule has 0 amide bonds. The van der Waals surface area contributed by atoms with Gasteiger partial charge in [0, 0.05) is 11.8 Å². The van der Waals surface area contributed by atoms with Gasteiger partial charge in [-0.2, -0.15) is 0 Å². The van der Waals surface area contributed by atoms with Crippen molar-refractivity contribution in [2.75, 3.05) is 12.4 Å². The van der Waals surface area contributed by atoms with Crippen LogP contribution in [0.2, 0.25) is 0 Å². The predicted octanol–water partition coefficient (Wildman–Crippen LogP) is 3.45. The third kappa shape index (κ3) is 2.85. The van der Waals surface area contributed by atoms with Gasteiger partial charge in [0.05, 0.1) is 18.4 Å². The first-order valence-corrected chi connectivity index (χ1v) is 5.86. The Morgan fingerprint density at radius 1 is 1.16 bits per heavy atom. The predicted molar refractivity (Wildman–Crippen MR) is 74.4 cm³/mol. The molecule has 2 aromatic rings. The number of rotatable bonds is 4. The van der Waals surface area contributed by atoms with Gasteiger partial charge in [0.1, 0.15) is 5.75 Å². The number of anilines is 2. The van der Waals surface area contributed by atoms with Crippen molar-refractivity contribution < 1.29 is 14.6 Å². The SMILES string of the molecule is COc1ccc(C)c(Nc2ccccc2C(=O)O)c1. The first kappa shape index (κ1) is 13.0. The summed E-state index contributed by atoms with van der Waals surface area (Å²) >= 11 is 0. The largest absolute Gasteiger partial charge is 0.497 e. The number of hydrogen-bond donors (Lipinski definition) is 2. The van der Waals surface area contributed by atoms with Gasteiger partial charge in [-0.05, 0) is 30.7 Å². The lowest BCUT2D eigenvalue weighted by atomic mass is 10.1. The molecule has 0 saturated carbocycles. The topological polar surface area (TPSA) is 58.6 Å². The average Bonchev–Trinajstić information content (AvgIpc) is 2.41. The molecule has 2 rings (SSSR count). The number of ether oxygens (including phenoxy) is 1. The van der Waals surface area contributed by atoms with Gasteiger partial charge >= 0.3 is 5.97 Å². The second kappa shape index (κ2) is 5.44. The number of hydrogen-bond acceptors (Lipinski definition) is 3. The van der Waals surface area contributed by atoms with Crippen molar-refractivity contribution in [3.63, 3.8) is 0 Å². The number of benzene rings is 2. The third-order valence-electron chi connectivity index (χ3n) is 2.87. The van der Waals surface area contributed by atoms with Crippen molar-refractivity contribution in [2.24, 2.45) is 0 Å². The van der Waals surface area contributed by atoms with Gasteiger partial charge in [0.15, 0.2) is 0 Å². The van der Waals surface area contributed by atoms with Gasteiger partial charge < -0.3 is 15.2 Å². The zero-order valence-corrected chi connectivity index (χ0v) is 10.8. The molecule has 19 heavy (non-hydrogen) atoms. The highest BCUT2D eigenvalue weighted by Gasteiger charge is 2.10. The Morgan fingerprint density at radius 3 is 2.58 bits per heavy atom. The van der Waals surface area contributed by atoms with Crippen LogP contribution in [0.1, 0.15) is 15.9 Å². The second-order valence-electron chi connectivity index (χ2n) is 4.16. The molecule has 0 heterocycles. The smallest absolute Gasteiger partial charge is 0.337 e. The number of para-hydroxylation sites is 1. The summed E-state index contributed by atoms with van der Waals surface area (Å²) in [5.41, 5.74) is 2.64. The first-order chi connectivity index (χ1) is 9.11. The van der Waals surface area contributed by atoms with Gasteiger partial charge in [-0.1, -0.05) is 18.2 Å². The lowest BCUT2D eigenvalue weighted by Crippen LogP contribution is -2.03. The normalized spacial score (nSPS) is 10.0. The molecule has 98 valence electrons. The molecule has 0 spiro atoms. The van der Waals surface area contributed by atoms with Crippen LogP contribution in [0.3, 0.4) is 0 Å². The van der Waals surface area contributed by atoms with Crippen LogP contribution < -0.4 is 10.1 Å². The fourth-order valence-electron chi connectivity index (χ4n) is 1.79. The van der Waals surface area contributed by atoms with Crippen LogP contribution in [0, 0.1) is 6.92 Å². The van der Waals surface area contributed by atoms with Crippen molar-refractivity contribution in [1.82, 2.24) is 0 Å². The van der Waals surface area contributed by atoms with E-state index in [2.05, 4.69) is 5.32 Å². The number of carboxylic acids is 1. The highest BCUT2D eigenvalue weighted by atomic mass is 16.5. The van der Waals surface area contributed by atoms with Crippen LogP contribution in [0.15, 0.2) is 42.5 Å². The van der Waals surface area contributed by atoms with Crippen LogP contribution in [0.25, 0.3) is 0 Å². The maximum Gasteiger partial charge on any atom is 0.337 e. The number of aromatic carboxylic acids is 1. The van der Waals surface area contributed by atoms with Gasteiger partial charge in [-0.15, -0.1) is 0 Å². The maximum absolute atomic E-state index is 11.2. The highest BCUT2D eigenvalue weighted by Crippen LogP contribution is 2.27. The van der Waals surface area contributed by atoms with Crippen molar-refractivity contribution in [2.45, 2.75) is 6.92 Å². The summed E-state index contributed by atoms with van der Waals surface area (Å²) in [6.07, 6.45) is 0. The number of aryl methyl sites for hydroxylation is 1. The van der Waals surface area contributed by atoms with Crippen molar-refractivity contribution in [3.05, 3.63) is 53.6 Å². The molecular formula is C15H15NO3. The summed E-state index contributed by atoms with van der Waals surface area (Å²) in [5, 5.41) is 12.3. The summed E-state index contributed by atoms with van der Waals surface area (Å²) < 4.78 is 5.17. The fraction of sp³-hybridized carbons (Fsp3) is 0.133. The summed E-state index contributed by atoms with van der Waals surface area (Å²) in [7, 11) is 1.60. The minimum atomic E-state index is -0.955. The Balaban J connectivity index is 2.38. The van der Waals surface area contributed by atoms with Crippen LogP contribution >= 0.6 is 0 Å². The van der Waals surface area contributed by atoms with Gasteiger partial charge in [-0.25, -0.2) is 4.79 Å². The average molecular weight is 257 g/mol. The number of nitrogens with one attached hydrogen (secondary N) is 1. The van der Waals surface area contributed by atoms with Crippen molar-refractivity contribution in [3.8, 4) is 5.75 Å². The number of carboxylic acid groups (broad SMARTS) is 1. The van der Waals surface area contributed by atoms with E-state index >= 15 is 0 Å². The van der Waals surface area contributed by atoms with Crippen molar-refractivity contribution in [1.29, 1.82) is 0 Å². The third-order valence-corrected chi connectivity index (χ3v) is 2.87. The van der Waals surface area contributed by atoms with Gasteiger partial charge in [-0.3, -0.25) is 0 Å². The number of carbonyl (C=O) groups is 1. The molecule has 0 fully saturated rings. The van der Waals surface area contributed by atoms with E-state index in [0.29, 0.717) is 5.69 Å². The zero-order valence-electron chi connectivity index (χ0n) is 10.8. The Labute approximate surface area is 111 Å². The van der Waals surface area contributed by atoms with Crippen LogP contribution in [-0.2, 0) is 0 Å². The molecule has 0 radical (unpaired) electrons. The summed E-state index contributed by atoms with van der Waals surface area (Å²) in [6.45, 7) is 1.95. The fourth-order valence-corrected chi connectivity index (χ4v) is 1.79. The molecule has 0 atom stereocenters. The molecule has 0 aromatic heterocycles. The van der Waals surface area contributed by atoms with E-state index in [1.54, 1.807) is 31.4 Å². The van der Waals surface area contributed by atoms with E-state index in [0.717, 1.165) is 17.0 Å². The molecule has 0 aliphatic rings. The van der Waals surface area contributed by atoms with E-state index in [9.17, 15) is 4.79 Å². The quantitative estimate of drug-likeness (QED) is 0.880. The molecule has 0 aliphatic carbocycles.